The average molecular weight is 269 g/mol. The third-order valence-corrected chi connectivity index (χ3v) is 4.67. The van der Waals surface area contributed by atoms with Crippen LogP contribution in [0.3, 0.4) is 0 Å². The number of hydrogen-bond acceptors (Lipinski definition) is 6. The van der Waals surface area contributed by atoms with Crippen molar-refractivity contribution < 1.29 is 17.4 Å². The van der Waals surface area contributed by atoms with Crippen LogP contribution in [0.2, 0.25) is 0 Å². The minimum Gasteiger partial charge on any atom is -0.472 e. The Morgan fingerprint density at radius 3 is 3.00 bits per heavy atom. The number of rotatable bonds is 3. The number of aromatic nitrogens is 2. The molecular weight excluding hydrogens is 258 g/mol. The molecule has 7 nitrogen and oxygen atoms in total. The zero-order valence-electron chi connectivity index (χ0n) is 9.44. The van der Waals surface area contributed by atoms with Gasteiger partial charge in [0.15, 0.2) is 0 Å². The van der Waals surface area contributed by atoms with Crippen LogP contribution in [0.1, 0.15) is 12.3 Å². The normalized spacial score (nSPS) is 19.3. The fourth-order valence-corrected chi connectivity index (χ4v) is 3.31. The fraction of sp³-hybridized carbons (Fsp3) is 0.400. The Kier molecular flexibility index (Phi) is 2.67. The summed E-state index contributed by atoms with van der Waals surface area (Å²) in [6.07, 6.45) is 3.66. The molecule has 0 spiro atoms. The maximum atomic E-state index is 11.6. The topological polar surface area (TPSA) is 89.4 Å². The van der Waals surface area contributed by atoms with Gasteiger partial charge in [0.05, 0.1) is 24.1 Å². The Morgan fingerprint density at radius 1 is 1.44 bits per heavy atom. The van der Waals surface area contributed by atoms with E-state index >= 15 is 0 Å². The van der Waals surface area contributed by atoms with Crippen molar-refractivity contribution in [3.63, 3.8) is 0 Å². The predicted octanol–water partition coefficient (Wildman–Crippen LogP) is 0.865. The summed E-state index contributed by atoms with van der Waals surface area (Å²) in [5.41, 5.74) is 0.703. The second-order valence-electron chi connectivity index (χ2n) is 4.03. The number of furan rings is 1. The lowest BCUT2D eigenvalue weighted by Gasteiger charge is -2.10. The van der Waals surface area contributed by atoms with Crippen LogP contribution in [0.4, 0.5) is 0 Å². The van der Waals surface area contributed by atoms with E-state index in [1.807, 2.05) is 0 Å². The molecule has 18 heavy (non-hydrogen) atoms. The Bertz CT molecular complexity index is 632. The zero-order valence-corrected chi connectivity index (χ0v) is 10.3. The Balaban J connectivity index is 1.79. The van der Waals surface area contributed by atoms with Gasteiger partial charge in [0.25, 0.3) is 0 Å². The van der Waals surface area contributed by atoms with Crippen LogP contribution in [-0.4, -0.2) is 35.2 Å². The van der Waals surface area contributed by atoms with Crippen molar-refractivity contribution in [2.24, 2.45) is 0 Å². The van der Waals surface area contributed by atoms with Crippen molar-refractivity contribution >= 4 is 10.0 Å². The quantitative estimate of drug-likeness (QED) is 0.821. The average Bonchev–Trinajstić information content (AvgIpc) is 3.02. The van der Waals surface area contributed by atoms with Gasteiger partial charge < -0.3 is 8.94 Å². The highest BCUT2D eigenvalue weighted by Gasteiger charge is 2.29. The molecule has 0 bridgehead atoms. The SMILES string of the molecule is O=S1(=O)CCCN1Cc1nc(-c2ccoc2)no1. The van der Waals surface area contributed by atoms with Crippen LogP contribution in [0.5, 0.6) is 0 Å². The van der Waals surface area contributed by atoms with Crippen LogP contribution in [0.15, 0.2) is 27.5 Å². The summed E-state index contributed by atoms with van der Waals surface area (Å²) in [7, 11) is -3.14. The predicted molar refractivity (Wildman–Crippen MR) is 60.8 cm³/mol. The van der Waals surface area contributed by atoms with Gasteiger partial charge in [-0.05, 0) is 12.5 Å². The molecule has 1 aliphatic heterocycles. The van der Waals surface area contributed by atoms with Crippen molar-refractivity contribution in [2.75, 3.05) is 12.3 Å². The third kappa shape index (κ3) is 2.04. The van der Waals surface area contributed by atoms with Gasteiger partial charge >= 0.3 is 0 Å². The van der Waals surface area contributed by atoms with Crippen LogP contribution in [0.25, 0.3) is 11.4 Å². The number of sulfonamides is 1. The summed E-state index contributed by atoms with van der Waals surface area (Å²) in [5, 5.41) is 3.78. The first-order valence-corrected chi connectivity index (χ1v) is 7.09. The summed E-state index contributed by atoms with van der Waals surface area (Å²) < 4.78 is 34.6. The van der Waals surface area contributed by atoms with E-state index in [0.29, 0.717) is 24.4 Å². The Hall–Kier alpha value is -1.67. The highest BCUT2D eigenvalue weighted by Crippen LogP contribution is 2.19. The largest absolute Gasteiger partial charge is 0.472 e. The third-order valence-electron chi connectivity index (χ3n) is 2.76. The lowest BCUT2D eigenvalue weighted by Crippen LogP contribution is -2.25. The standard InChI is InChI=1S/C10H11N3O4S/c14-18(15)5-1-3-13(18)6-9-11-10(12-17-9)8-2-4-16-7-8/h2,4,7H,1,3,5-6H2. The first-order valence-electron chi connectivity index (χ1n) is 5.48. The Labute approximate surface area is 103 Å². The van der Waals surface area contributed by atoms with E-state index in [2.05, 4.69) is 10.1 Å². The van der Waals surface area contributed by atoms with E-state index in [1.165, 1.54) is 16.8 Å². The first kappa shape index (κ1) is 11.4. The molecule has 3 heterocycles. The van der Waals surface area contributed by atoms with Crippen LogP contribution >= 0.6 is 0 Å². The van der Waals surface area contributed by atoms with E-state index in [9.17, 15) is 8.42 Å². The monoisotopic (exact) mass is 269 g/mol. The van der Waals surface area contributed by atoms with Gasteiger partial charge in [0.1, 0.15) is 6.26 Å². The van der Waals surface area contributed by atoms with Gasteiger partial charge in [0.2, 0.25) is 21.7 Å². The van der Waals surface area contributed by atoms with Gasteiger partial charge in [-0.15, -0.1) is 0 Å². The second-order valence-corrected chi connectivity index (χ2v) is 6.12. The molecule has 0 amide bonds. The number of nitrogens with zero attached hydrogens (tertiary/aromatic N) is 3. The molecule has 8 heteroatoms. The van der Waals surface area contributed by atoms with Crippen molar-refractivity contribution in [1.82, 2.24) is 14.4 Å². The Morgan fingerprint density at radius 2 is 2.33 bits per heavy atom. The second kappa shape index (κ2) is 4.21. The lowest BCUT2D eigenvalue weighted by molar-refractivity contribution is 0.326. The van der Waals surface area contributed by atoms with Crippen molar-refractivity contribution in [2.45, 2.75) is 13.0 Å². The van der Waals surface area contributed by atoms with Gasteiger partial charge in [-0.1, -0.05) is 5.16 Å². The summed E-state index contributed by atoms with van der Waals surface area (Å²) >= 11 is 0. The van der Waals surface area contributed by atoms with E-state index in [-0.39, 0.29) is 18.2 Å². The zero-order chi connectivity index (χ0) is 12.6. The summed E-state index contributed by atoms with van der Waals surface area (Å²) in [6.45, 7) is 0.638. The molecule has 96 valence electrons. The van der Waals surface area contributed by atoms with Gasteiger partial charge in [-0.25, -0.2) is 8.42 Å². The molecule has 0 saturated carbocycles. The van der Waals surface area contributed by atoms with Gasteiger partial charge in [-0.2, -0.15) is 9.29 Å². The molecule has 1 fully saturated rings. The van der Waals surface area contributed by atoms with Crippen LogP contribution < -0.4 is 0 Å². The molecule has 0 unspecified atom stereocenters. The molecule has 3 rings (SSSR count). The smallest absolute Gasteiger partial charge is 0.242 e. The summed E-state index contributed by atoms with van der Waals surface area (Å²) in [5.74, 6) is 0.877. The summed E-state index contributed by atoms with van der Waals surface area (Å²) in [4.78, 5) is 4.14. The molecule has 0 atom stereocenters. The molecular formula is C10H11N3O4S. The molecule has 2 aromatic rings. The molecule has 0 aliphatic carbocycles. The molecule has 0 aromatic carbocycles. The minimum atomic E-state index is -3.14. The lowest BCUT2D eigenvalue weighted by atomic mass is 10.3. The minimum absolute atomic E-state index is 0.132. The van der Waals surface area contributed by atoms with Crippen molar-refractivity contribution in [1.29, 1.82) is 0 Å². The molecule has 1 saturated heterocycles. The molecule has 0 radical (unpaired) electrons. The van der Waals surface area contributed by atoms with E-state index in [4.69, 9.17) is 8.94 Å². The summed E-state index contributed by atoms with van der Waals surface area (Å²) in [6, 6.07) is 1.71. The maximum Gasteiger partial charge on any atom is 0.242 e. The van der Waals surface area contributed by atoms with Gasteiger partial charge in [0, 0.05) is 6.54 Å². The van der Waals surface area contributed by atoms with E-state index in [0.717, 1.165) is 0 Å². The highest BCUT2D eigenvalue weighted by atomic mass is 32.2. The molecule has 2 aromatic heterocycles. The highest BCUT2D eigenvalue weighted by molar-refractivity contribution is 7.89. The maximum absolute atomic E-state index is 11.6. The molecule has 1 aliphatic rings. The van der Waals surface area contributed by atoms with Gasteiger partial charge in [-0.3, -0.25) is 0 Å². The van der Waals surface area contributed by atoms with Crippen molar-refractivity contribution in [3.8, 4) is 11.4 Å². The number of hydrogen-bond donors (Lipinski definition) is 0. The fourth-order valence-electron chi connectivity index (χ4n) is 1.85. The van der Waals surface area contributed by atoms with Crippen molar-refractivity contribution in [3.05, 3.63) is 24.5 Å². The van der Waals surface area contributed by atoms with Crippen LogP contribution in [0, 0.1) is 0 Å². The first-order chi connectivity index (χ1) is 8.65. The van der Waals surface area contributed by atoms with E-state index in [1.54, 1.807) is 6.07 Å². The van der Waals surface area contributed by atoms with Crippen LogP contribution in [-0.2, 0) is 16.6 Å². The molecule has 0 N–H and O–H groups in total. The van der Waals surface area contributed by atoms with E-state index < -0.39 is 10.0 Å².